The van der Waals surface area contributed by atoms with Gasteiger partial charge in [0.2, 0.25) is 0 Å². The Morgan fingerprint density at radius 3 is 2.70 bits per heavy atom. The van der Waals surface area contributed by atoms with Gasteiger partial charge in [-0.05, 0) is 11.4 Å². The third-order valence-electron chi connectivity index (χ3n) is 3.16. The number of nitrogens with one attached hydrogen (secondary N) is 1. The Morgan fingerprint density at radius 2 is 2.00 bits per heavy atom. The zero-order valence-corrected chi connectivity index (χ0v) is 13.8. The molecule has 0 aliphatic heterocycles. The lowest BCUT2D eigenvalue weighted by molar-refractivity contribution is -0.140. The van der Waals surface area contributed by atoms with Crippen molar-refractivity contribution in [2.75, 3.05) is 11.9 Å². The Hall–Kier alpha value is -1.74. The summed E-state index contributed by atoms with van der Waals surface area (Å²) < 4.78 is 37.6. The molecular formula is C14H13F3N4S2. The topological polar surface area (TPSA) is 50.7 Å². The van der Waals surface area contributed by atoms with Crippen LogP contribution < -0.4 is 5.32 Å². The quantitative estimate of drug-likeness (QED) is 0.735. The first kappa shape index (κ1) is 16.1. The maximum absolute atomic E-state index is 12.5. The average molecular weight is 358 g/mol. The van der Waals surface area contributed by atoms with Crippen LogP contribution in [0.1, 0.15) is 23.4 Å². The van der Waals surface area contributed by atoms with Crippen LogP contribution in [-0.4, -0.2) is 21.5 Å². The van der Waals surface area contributed by atoms with E-state index in [2.05, 4.69) is 20.3 Å². The normalized spacial score (nSPS) is 12.0. The number of rotatable bonds is 5. The molecular weight excluding hydrogens is 345 g/mol. The van der Waals surface area contributed by atoms with Crippen LogP contribution in [0, 0.1) is 0 Å². The van der Waals surface area contributed by atoms with Gasteiger partial charge >= 0.3 is 6.18 Å². The monoisotopic (exact) mass is 358 g/mol. The van der Waals surface area contributed by atoms with Crippen molar-refractivity contribution in [2.24, 2.45) is 0 Å². The van der Waals surface area contributed by atoms with Gasteiger partial charge in [0.1, 0.15) is 16.5 Å². The fraction of sp³-hybridized carbons (Fsp3) is 0.357. The highest BCUT2D eigenvalue weighted by Gasteiger charge is 2.33. The van der Waals surface area contributed by atoms with E-state index in [-0.39, 0.29) is 0 Å². The van der Waals surface area contributed by atoms with E-state index in [1.165, 1.54) is 0 Å². The zero-order valence-electron chi connectivity index (χ0n) is 12.1. The summed E-state index contributed by atoms with van der Waals surface area (Å²) in [4.78, 5) is 13.4. The van der Waals surface area contributed by atoms with Crippen molar-refractivity contribution in [3.05, 3.63) is 33.4 Å². The van der Waals surface area contributed by atoms with Crippen molar-refractivity contribution in [1.82, 2.24) is 15.0 Å². The number of hydrogen-bond donors (Lipinski definition) is 1. The molecule has 0 aliphatic carbocycles. The minimum Gasteiger partial charge on any atom is -0.369 e. The number of aryl methyl sites for hydroxylation is 1. The molecule has 3 rings (SSSR count). The van der Waals surface area contributed by atoms with E-state index in [9.17, 15) is 13.2 Å². The minimum atomic E-state index is -4.38. The van der Waals surface area contributed by atoms with Crippen molar-refractivity contribution in [3.8, 4) is 0 Å². The van der Waals surface area contributed by atoms with Crippen molar-refractivity contribution in [3.63, 3.8) is 0 Å². The Bertz CT molecular complexity index is 810. The SMILES string of the molecule is CCc1nc(NCCc2nc(C(F)(F)F)cs2)c2ccsc2n1. The predicted molar refractivity (Wildman–Crippen MR) is 86.1 cm³/mol. The molecule has 0 amide bonds. The number of hydrogen-bond acceptors (Lipinski definition) is 6. The number of fused-ring (bicyclic) bond motifs is 1. The number of anilines is 1. The molecule has 3 aromatic rings. The van der Waals surface area contributed by atoms with E-state index in [1.54, 1.807) is 11.3 Å². The van der Waals surface area contributed by atoms with E-state index in [0.717, 1.165) is 45.0 Å². The Labute approximate surface area is 138 Å². The highest BCUT2D eigenvalue weighted by Crippen LogP contribution is 2.30. The molecule has 0 fully saturated rings. The van der Waals surface area contributed by atoms with E-state index in [4.69, 9.17) is 0 Å². The second kappa shape index (κ2) is 6.40. The molecule has 0 aromatic carbocycles. The summed E-state index contributed by atoms with van der Waals surface area (Å²) >= 11 is 2.56. The van der Waals surface area contributed by atoms with Crippen LogP contribution in [-0.2, 0) is 19.0 Å². The molecule has 23 heavy (non-hydrogen) atoms. The summed E-state index contributed by atoms with van der Waals surface area (Å²) in [5, 5.41) is 7.57. The summed E-state index contributed by atoms with van der Waals surface area (Å²) in [6, 6.07) is 1.94. The van der Waals surface area contributed by atoms with Gasteiger partial charge in [0.05, 0.1) is 10.4 Å². The predicted octanol–water partition coefficient (Wildman–Crippen LogP) is 4.38. The number of thiazole rings is 1. The van der Waals surface area contributed by atoms with Crippen LogP contribution in [0.25, 0.3) is 10.2 Å². The largest absolute Gasteiger partial charge is 0.434 e. The summed E-state index contributed by atoms with van der Waals surface area (Å²) in [7, 11) is 0. The van der Waals surface area contributed by atoms with Crippen LogP contribution in [0.4, 0.5) is 19.0 Å². The van der Waals surface area contributed by atoms with Crippen molar-refractivity contribution < 1.29 is 13.2 Å². The molecule has 0 radical (unpaired) electrons. The number of alkyl halides is 3. The first-order valence-electron chi connectivity index (χ1n) is 6.97. The average Bonchev–Trinajstić information content (AvgIpc) is 3.14. The smallest absolute Gasteiger partial charge is 0.369 e. The molecule has 0 bridgehead atoms. The lowest BCUT2D eigenvalue weighted by atomic mass is 10.3. The number of halogens is 3. The van der Waals surface area contributed by atoms with Gasteiger partial charge in [0.25, 0.3) is 0 Å². The van der Waals surface area contributed by atoms with Gasteiger partial charge in [-0.3, -0.25) is 0 Å². The van der Waals surface area contributed by atoms with Gasteiger partial charge in [-0.2, -0.15) is 13.2 Å². The Morgan fingerprint density at radius 1 is 1.17 bits per heavy atom. The summed E-state index contributed by atoms with van der Waals surface area (Å²) in [6.45, 7) is 2.45. The molecule has 4 nitrogen and oxygen atoms in total. The highest BCUT2D eigenvalue weighted by molar-refractivity contribution is 7.16. The fourth-order valence-corrected chi connectivity index (χ4v) is 3.62. The molecule has 3 heterocycles. The van der Waals surface area contributed by atoms with Crippen LogP contribution in [0.2, 0.25) is 0 Å². The summed E-state index contributed by atoms with van der Waals surface area (Å²) in [5.41, 5.74) is -0.826. The molecule has 0 atom stereocenters. The van der Waals surface area contributed by atoms with E-state index < -0.39 is 11.9 Å². The summed E-state index contributed by atoms with van der Waals surface area (Å²) in [6.07, 6.45) is -3.24. The second-order valence-electron chi connectivity index (χ2n) is 4.78. The first-order chi connectivity index (χ1) is 11.0. The number of thiophene rings is 1. The molecule has 0 saturated heterocycles. The zero-order chi connectivity index (χ0) is 16.4. The van der Waals surface area contributed by atoms with E-state index in [1.807, 2.05) is 18.4 Å². The standard InChI is InChI=1S/C14H13F3N4S2/c1-2-10-20-12(8-4-6-22-13(8)21-10)18-5-3-11-19-9(7-23-11)14(15,16)17/h4,6-7H,2-3,5H2,1H3,(H,18,20,21). The third-order valence-corrected chi connectivity index (χ3v) is 4.88. The second-order valence-corrected chi connectivity index (χ2v) is 6.62. The molecule has 1 N–H and O–H groups in total. The molecule has 9 heteroatoms. The highest BCUT2D eigenvalue weighted by atomic mass is 32.1. The molecule has 0 aliphatic rings. The van der Waals surface area contributed by atoms with Crippen LogP contribution in [0.5, 0.6) is 0 Å². The molecule has 122 valence electrons. The van der Waals surface area contributed by atoms with Crippen molar-refractivity contribution >= 4 is 38.7 Å². The lowest BCUT2D eigenvalue weighted by Gasteiger charge is -2.07. The summed E-state index contributed by atoms with van der Waals surface area (Å²) in [5.74, 6) is 1.47. The van der Waals surface area contributed by atoms with Crippen molar-refractivity contribution in [1.29, 1.82) is 0 Å². The van der Waals surface area contributed by atoms with Crippen LogP contribution in [0.15, 0.2) is 16.8 Å². The minimum absolute atomic E-state index is 0.415. The molecule has 3 aromatic heterocycles. The van der Waals surface area contributed by atoms with Gasteiger partial charge in [-0.15, -0.1) is 22.7 Å². The van der Waals surface area contributed by atoms with Gasteiger partial charge in [0, 0.05) is 24.8 Å². The van der Waals surface area contributed by atoms with Crippen molar-refractivity contribution in [2.45, 2.75) is 25.9 Å². The van der Waals surface area contributed by atoms with E-state index >= 15 is 0 Å². The molecule has 0 saturated carbocycles. The van der Waals surface area contributed by atoms with Gasteiger partial charge in [-0.25, -0.2) is 15.0 Å². The maximum atomic E-state index is 12.5. The van der Waals surface area contributed by atoms with E-state index in [0.29, 0.717) is 18.0 Å². The van der Waals surface area contributed by atoms with Crippen LogP contribution in [0.3, 0.4) is 0 Å². The molecule has 0 spiro atoms. The van der Waals surface area contributed by atoms with Gasteiger partial charge in [0.15, 0.2) is 5.69 Å². The molecule has 0 unspecified atom stereocenters. The maximum Gasteiger partial charge on any atom is 0.434 e. The lowest BCUT2D eigenvalue weighted by Crippen LogP contribution is -2.09. The fourth-order valence-electron chi connectivity index (χ4n) is 2.04. The first-order valence-corrected chi connectivity index (χ1v) is 8.73. The number of aromatic nitrogens is 3. The van der Waals surface area contributed by atoms with Crippen LogP contribution >= 0.6 is 22.7 Å². The number of nitrogens with zero attached hydrogens (tertiary/aromatic N) is 3. The van der Waals surface area contributed by atoms with Gasteiger partial charge in [-0.1, -0.05) is 6.92 Å². The Kier molecular flexibility index (Phi) is 4.49. The van der Waals surface area contributed by atoms with Gasteiger partial charge < -0.3 is 5.32 Å². The Balaban J connectivity index is 1.69. The third kappa shape index (κ3) is 3.61.